The van der Waals surface area contributed by atoms with Crippen molar-refractivity contribution >= 4 is 23.2 Å². The third kappa shape index (κ3) is 10.8. The van der Waals surface area contributed by atoms with Gasteiger partial charge in [0.1, 0.15) is 0 Å². The Morgan fingerprint density at radius 1 is 0.933 bits per heavy atom. The molecule has 1 saturated heterocycles. The summed E-state index contributed by atoms with van der Waals surface area (Å²) in [5.41, 5.74) is 10.9. The van der Waals surface area contributed by atoms with Gasteiger partial charge in [-0.15, -0.1) is 6.58 Å². The van der Waals surface area contributed by atoms with Crippen molar-refractivity contribution in [3.8, 4) is 0 Å². The zero-order valence-corrected chi connectivity index (χ0v) is 26.1. The molecule has 4 rings (SSSR count). The molecular formula is C36H46N4O5. The highest BCUT2D eigenvalue weighted by Crippen LogP contribution is 2.38. The van der Waals surface area contributed by atoms with Crippen molar-refractivity contribution in [2.24, 2.45) is 0 Å². The molecule has 2 amide bonds. The van der Waals surface area contributed by atoms with Crippen molar-refractivity contribution in [3.63, 3.8) is 0 Å². The second-order valence-electron chi connectivity index (χ2n) is 11.6. The van der Waals surface area contributed by atoms with E-state index < -0.39 is 6.29 Å². The van der Waals surface area contributed by atoms with Crippen molar-refractivity contribution in [2.75, 3.05) is 31.2 Å². The van der Waals surface area contributed by atoms with E-state index in [1.807, 2.05) is 73.8 Å². The molecule has 1 fully saturated rings. The zero-order chi connectivity index (χ0) is 32.0. The summed E-state index contributed by atoms with van der Waals surface area (Å²) in [5.74, 6) is -0.0892. The van der Waals surface area contributed by atoms with Crippen LogP contribution in [0.15, 0.2) is 85.5 Å². The van der Waals surface area contributed by atoms with Gasteiger partial charge in [-0.2, -0.15) is 0 Å². The summed E-state index contributed by atoms with van der Waals surface area (Å²) in [7, 11) is 2.05. The van der Waals surface area contributed by atoms with Crippen molar-refractivity contribution in [2.45, 2.75) is 70.2 Å². The number of rotatable bonds is 16. The summed E-state index contributed by atoms with van der Waals surface area (Å²) >= 11 is 0. The lowest BCUT2D eigenvalue weighted by molar-refractivity contribution is -0.252. The Morgan fingerprint density at radius 3 is 2.29 bits per heavy atom. The van der Waals surface area contributed by atoms with Gasteiger partial charge in [-0.05, 0) is 48.7 Å². The minimum Gasteiger partial charge on any atom is -0.397 e. The van der Waals surface area contributed by atoms with Crippen LogP contribution >= 0.6 is 0 Å². The SMILES string of the molecule is C=CCN(C)CC1CC(c2ccc(CO)cc2)OC(c2ccc(CNC(=O)CCCCCC(=O)Nc3ccccc3N)cc2)O1. The number of para-hydroxylation sites is 2. The normalized spacial score (nSPS) is 18.0. The number of hydrogen-bond acceptors (Lipinski definition) is 7. The maximum atomic E-state index is 12.4. The molecule has 9 nitrogen and oxygen atoms in total. The number of nitrogens with one attached hydrogen (secondary N) is 2. The number of nitrogen functional groups attached to an aromatic ring is 1. The first-order valence-electron chi connectivity index (χ1n) is 15.6. The van der Waals surface area contributed by atoms with Crippen LogP contribution in [-0.4, -0.2) is 48.1 Å². The number of amides is 2. The summed E-state index contributed by atoms with van der Waals surface area (Å²) < 4.78 is 12.8. The summed E-state index contributed by atoms with van der Waals surface area (Å²) in [5, 5.41) is 15.2. The molecule has 0 aliphatic carbocycles. The number of unbranched alkanes of at least 4 members (excludes halogenated alkanes) is 2. The smallest absolute Gasteiger partial charge is 0.224 e. The largest absolute Gasteiger partial charge is 0.397 e. The van der Waals surface area contributed by atoms with Gasteiger partial charge in [0.05, 0.1) is 30.2 Å². The van der Waals surface area contributed by atoms with E-state index in [4.69, 9.17) is 15.2 Å². The van der Waals surface area contributed by atoms with Gasteiger partial charge in [0.25, 0.3) is 0 Å². The van der Waals surface area contributed by atoms with Crippen LogP contribution in [0.25, 0.3) is 0 Å². The minimum atomic E-state index is -0.529. The number of benzene rings is 3. The number of nitrogens with two attached hydrogens (primary N) is 1. The van der Waals surface area contributed by atoms with E-state index in [1.165, 1.54) is 0 Å². The van der Waals surface area contributed by atoms with E-state index in [9.17, 15) is 14.7 Å². The van der Waals surface area contributed by atoms with Crippen molar-refractivity contribution in [1.29, 1.82) is 0 Å². The monoisotopic (exact) mass is 614 g/mol. The van der Waals surface area contributed by atoms with Gasteiger partial charge < -0.3 is 35.8 Å². The topological polar surface area (TPSA) is 126 Å². The Morgan fingerprint density at radius 2 is 1.60 bits per heavy atom. The first-order chi connectivity index (χ1) is 21.8. The van der Waals surface area contributed by atoms with Crippen molar-refractivity contribution in [3.05, 3.63) is 108 Å². The van der Waals surface area contributed by atoms with Crippen LogP contribution < -0.4 is 16.4 Å². The van der Waals surface area contributed by atoms with Crippen molar-refractivity contribution < 1.29 is 24.2 Å². The second-order valence-corrected chi connectivity index (χ2v) is 11.6. The van der Waals surface area contributed by atoms with Gasteiger partial charge in [-0.3, -0.25) is 9.59 Å². The first kappa shape index (κ1) is 33.9. The molecule has 0 saturated carbocycles. The molecule has 3 aromatic carbocycles. The van der Waals surface area contributed by atoms with Crippen LogP contribution in [-0.2, 0) is 32.2 Å². The number of ether oxygens (including phenoxy) is 2. The maximum Gasteiger partial charge on any atom is 0.224 e. The average Bonchev–Trinajstić information content (AvgIpc) is 3.05. The number of aliphatic hydroxyl groups excluding tert-OH is 1. The number of anilines is 2. The molecule has 240 valence electrons. The minimum absolute atomic E-state index is 0.00548. The van der Waals surface area contributed by atoms with Gasteiger partial charge in [0.15, 0.2) is 6.29 Å². The summed E-state index contributed by atoms with van der Waals surface area (Å²) in [6, 6.07) is 23.0. The molecule has 5 N–H and O–H groups in total. The fraction of sp³-hybridized carbons (Fsp3) is 0.389. The summed E-state index contributed by atoms with van der Waals surface area (Å²) in [6.45, 7) is 5.79. The quantitative estimate of drug-likeness (QED) is 0.0936. The molecule has 0 spiro atoms. The van der Waals surface area contributed by atoms with Gasteiger partial charge in [0.2, 0.25) is 11.8 Å². The third-order valence-corrected chi connectivity index (χ3v) is 7.86. The average molecular weight is 615 g/mol. The molecule has 1 aliphatic heterocycles. The molecule has 45 heavy (non-hydrogen) atoms. The van der Waals surface area contributed by atoms with E-state index >= 15 is 0 Å². The molecule has 9 heteroatoms. The molecule has 3 unspecified atom stereocenters. The molecule has 3 aromatic rings. The predicted molar refractivity (Wildman–Crippen MR) is 177 cm³/mol. The van der Waals surface area contributed by atoms with E-state index in [2.05, 4.69) is 22.1 Å². The number of hydrogen-bond donors (Lipinski definition) is 4. The van der Waals surface area contributed by atoms with Crippen LogP contribution in [0.3, 0.4) is 0 Å². The Balaban J connectivity index is 1.22. The van der Waals surface area contributed by atoms with E-state index in [0.717, 1.165) is 54.6 Å². The fourth-order valence-corrected chi connectivity index (χ4v) is 5.33. The summed E-state index contributed by atoms with van der Waals surface area (Å²) in [6.07, 6.45) is 4.91. The Kier molecular flexibility index (Phi) is 13.1. The molecule has 0 radical (unpaired) electrons. The van der Waals surface area contributed by atoms with Gasteiger partial charge in [-0.25, -0.2) is 0 Å². The van der Waals surface area contributed by atoms with Crippen LogP contribution in [0, 0.1) is 0 Å². The van der Waals surface area contributed by atoms with Gasteiger partial charge in [-0.1, -0.05) is 73.2 Å². The van der Waals surface area contributed by atoms with Crippen LogP contribution in [0.4, 0.5) is 11.4 Å². The van der Waals surface area contributed by atoms with E-state index in [-0.39, 0.29) is 30.6 Å². The zero-order valence-electron chi connectivity index (χ0n) is 26.1. The number of aliphatic hydroxyl groups is 1. The lowest BCUT2D eigenvalue weighted by Gasteiger charge is -2.37. The lowest BCUT2D eigenvalue weighted by Crippen LogP contribution is -2.37. The van der Waals surface area contributed by atoms with Crippen LogP contribution in [0.2, 0.25) is 0 Å². The highest BCUT2D eigenvalue weighted by Gasteiger charge is 2.32. The highest BCUT2D eigenvalue weighted by molar-refractivity contribution is 5.93. The van der Waals surface area contributed by atoms with Gasteiger partial charge >= 0.3 is 0 Å². The second kappa shape index (κ2) is 17.5. The first-order valence-corrected chi connectivity index (χ1v) is 15.6. The van der Waals surface area contributed by atoms with Crippen LogP contribution in [0.5, 0.6) is 0 Å². The number of carbonyl (C=O) groups is 2. The van der Waals surface area contributed by atoms with E-state index in [0.29, 0.717) is 37.2 Å². The van der Waals surface area contributed by atoms with Crippen molar-refractivity contribution in [1.82, 2.24) is 10.2 Å². The molecule has 0 aromatic heterocycles. The predicted octanol–water partition coefficient (Wildman–Crippen LogP) is 5.63. The Bertz CT molecular complexity index is 1380. The highest BCUT2D eigenvalue weighted by atomic mass is 16.7. The Hall–Kier alpha value is -4.02. The maximum absolute atomic E-state index is 12.4. The molecule has 1 aliphatic rings. The molecule has 0 bridgehead atoms. The molecular weight excluding hydrogens is 568 g/mol. The molecule has 3 atom stereocenters. The molecule has 1 heterocycles. The van der Waals surface area contributed by atoms with Gasteiger partial charge in [0, 0.05) is 44.5 Å². The number of nitrogens with zero attached hydrogens (tertiary/aromatic N) is 1. The number of likely N-dealkylation sites (N-methyl/N-ethyl adjacent to an activating group) is 1. The summed E-state index contributed by atoms with van der Waals surface area (Å²) in [4.78, 5) is 26.8. The standard InChI is InChI=1S/C36H46N4O5/c1-3-21-40(2)24-30-22-33(28-17-15-27(25-41)16-18-28)45-36(44-30)29-19-13-26(14-20-29)23-38-34(42)11-5-4-6-12-35(43)39-32-10-8-7-9-31(32)37/h3,7-10,13-20,30,33,36,41H,1,4-6,11-12,21-25,37H2,2H3,(H,38,42)(H,39,43). The Labute approximate surface area is 266 Å². The number of carbonyl (C=O) groups excluding carboxylic acids is 2. The lowest BCUT2D eigenvalue weighted by atomic mass is 9.99. The van der Waals surface area contributed by atoms with Crippen LogP contribution in [0.1, 0.15) is 73.2 Å². The fourth-order valence-electron chi connectivity index (χ4n) is 5.33. The van der Waals surface area contributed by atoms with E-state index in [1.54, 1.807) is 12.1 Å². The third-order valence-electron chi connectivity index (χ3n) is 7.86.